The third-order valence-electron chi connectivity index (χ3n) is 8.33. The summed E-state index contributed by atoms with van der Waals surface area (Å²) in [7, 11) is 0. The molecule has 0 saturated carbocycles. The zero-order valence-corrected chi connectivity index (χ0v) is 23.6. The highest BCUT2D eigenvalue weighted by atomic mass is 16.5. The van der Waals surface area contributed by atoms with E-state index in [0.29, 0.717) is 25.9 Å². The van der Waals surface area contributed by atoms with Gasteiger partial charge in [-0.3, -0.25) is 9.69 Å². The molecule has 2 amide bonds. The Balaban J connectivity index is 1.25. The SMILES string of the molecule is CCCC(C)(NC(=O)OCC1c2ccccc2-c2ccccc21)C(=O)NC1(C(=O)O)CCN(Cc2ccccc2)C1. The van der Waals surface area contributed by atoms with Crippen molar-refractivity contribution in [2.75, 3.05) is 19.7 Å². The average molecular weight is 556 g/mol. The van der Waals surface area contributed by atoms with Gasteiger partial charge in [-0.1, -0.05) is 92.2 Å². The van der Waals surface area contributed by atoms with E-state index < -0.39 is 29.0 Å². The minimum absolute atomic E-state index is 0.108. The molecule has 1 fully saturated rings. The lowest BCUT2D eigenvalue weighted by Crippen LogP contribution is -2.65. The first-order valence-electron chi connectivity index (χ1n) is 14.2. The number of carboxylic acid groups (broad SMARTS) is 1. The Kier molecular flexibility index (Phi) is 8.13. The number of likely N-dealkylation sites (tertiary alicyclic amines) is 1. The maximum absolute atomic E-state index is 13.6. The second kappa shape index (κ2) is 11.7. The maximum Gasteiger partial charge on any atom is 0.408 e. The van der Waals surface area contributed by atoms with Crippen LogP contribution in [-0.2, 0) is 20.9 Å². The van der Waals surface area contributed by atoms with Gasteiger partial charge >= 0.3 is 12.1 Å². The quantitative estimate of drug-likeness (QED) is 0.328. The Bertz CT molecular complexity index is 1380. The number of nitrogens with one attached hydrogen (secondary N) is 2. The molecule has 214 valence electrons. The van der Waals surface area contributed by atoms with Crippen molar-refractivity contribution in [3.63, 3.8) is 0 Å². The van der Waals surface area contributed by atoms with E-state index in [2.05, 4.69) is 22.8 Å². The van der Waals surface area contributed by atoms with Crippen LogP contribution in [0.2, 0.25) is 0 Å². The van der Waals surface area contributed by atoms with Crippen molar-refractivity contribution in [2.45, 2.75) is 56.7 Å². The number of fused-ring (bicyclic) bond motifs is 3. The molecular formula is C33H37N3O5. The maximum atomic E-state index is 13.6. The zero-order valence-electron chi connectivity index (χ0n) is 23.6. The topological polar surface area (TPSA) is 108 Å². The molecule has 0 radical (unpaired) electrons. The summed E-state index contributed by atoms with van der Waals surface area (Å²) in [5.41, 5.74) is 2.75. The number of hydrogen-bond acceptors (Lipinski definition) is 5. The Morgan fingerprint density at radius 2 is 1.59 bits per heavy atom. The first-order valence-corrected chi connectivity index (χ1v) is 14.2. The molecule has 0 spiro atoms. The zero-order chi connectivity index (χ0) is 29.0. The number of rotatable bonds is 10. The highest BCUT2D eigenvalue weighted by Gasteiger charge is 2.49. The minimum atomic E-state index is -1.44. The Labute approximate surface area is 240 Å². The highest BCUT2D eigenvalue weighted by molar-refractivity contribution is 5.94. The number of ether oxygens (including phenoxy) is 1. The van der Waals surface area contributed by atoms with Gasteiger partial charge in [-0.05, 0) is 47.6 Å². The van der Waals surface area contributed by atoms with E-state index >= 15 is 0 Å². The molecule has 1 heterocycles. The fraction of sp³-hybridized carbons (Fsp3) is 0.364. The van der Waals surface area contributed by atoms with Crippen molar-refractivity contribution in [3.05, 3.63) is 95.6 Å². The van der Waals surface area contributed by atoms with E-state index in [1.54, 1.807) is 6.92 Å². The molecular weight excluding hydrogens is 518 g/mol. The van der Waals surface area contributed by atoms with E-state index in [1.165, 1.54) is 0 Å². The van der Waals surface area contributed by atoms with Crippen LogP contribution in [0, 0.1) is 0 Å². The monoisotopic (exact) mass is 555 g/mol. The summed E-state index contributed by atoms with van der Waals surface area (Å²) >= 11 is 0. The summed E-state index contributed by atoms with van der Waals surface area (Å²) in [6, 6.07) is 26.0. The van der Waals surface area contributed by atoms with E-state index in [4.69, 9.17) is 4.74 Å². The van der Waals surface area contributed by atoms with Crippen LogP contribution in [0.25, 0.3) is 11.1 Å². The van der Waals surface area contributed by atoms with Crippen LogP contribution in [0.15, 0.2) is 78.9 Å². The Hall–Kier alpha value is -4.17. The van der Waals surface area contributed by atoms with Crippen molar-refractivity contribution in [1.82, 2.24) is 15.5 Å². The molecule has 1 aliphatic heterocycles. The molecule has 3 N–H and O–H groups in total. The van der Waals surface area contributed by atoms with Crippen LogP contribution < -0.4 is 10.6 Å². The fourth-order valence-corrected chi connectivity index (χ4v) is 6.14. The first-order chi connectivity index (χ1) is 19.7. The molecule has 5 rings (SSSR count). The van der Waals surface area contributed by atoms with Gasteiger partial charge in [-0.25, -0.2) is 9.59 Å². The lowest BCUT2D eigenvalue weighted by molar-refractivity contribution is -0.148. The molecule has 1 saturated heterocycles. The summed E-state index contributed by atoms with van der Waals surface area (Å²) in [6.45, 7) is 4.96. The number of benzene rings is 3. The second-order valence-corrected chi connectivity index (χ2v) is 11.3. The lowest BCUT2D eigenvalue weighted by atomic mass is 9.91. The van der Waals surface area contributed by atoms with Crippen LogP contribution in [0.1, 0.15) is 55.7 Å². The number of hydrogen-bond donors (Lipinski definition) is 3. The molecule has 3 aromatic rings. The van der Waals surface area contributed by atoms with Crippen molar-refractivity contribution < 1.29 is 24.2 Å². The largest absolute Gasteiger partial charge is 0.479 e. The smallest absolute Gasteiger partial charge is 0.408 e. The van der Waals surface area contributed by atoms with E-state index in [1.807, 2.05) is 78.6 Å². The number of carbonyl (C=O) groups excluding carboxylic acids is 2. The Morgan fingerprint density at radius 1 is 0.976 bits per heavy atom. The normalized spacial score (nSPS) is 19.6. The van der Waals surface area contributed by atoms with Gasteiger partial charge < -0.3 is 20.5 Å². The van der Waals surface area contributed by atoms with Gasteiger partial charge in [0.15, 0.2) is 5.54 Å². The van der Waals surface area contributed by atoms with E-state index in [9.17, 15) is 19.5 Å². The van der Waals surface area contributed by atoms with Gasteiger partial charge in [0.05, 0.1) is 0 Å². The number of carboxylic acids is 1. The van der Waals surface area contributed by atoms with Gasteiger partial charge in [0.1, 0.15) is 12.1 Å². The molecule has 2 atom stereocenters. The van der Waals surface area contributed by atoms with Gasteiger partial charge in [0.25, 0.3) is 0 Å². The predicted molar refractivity (Wildman–Crippen MR) is 156 cm³/mol. The summed E-state index contributed by atoms with van der Waals surface area (Å²) in [5, 5.41) is 15.8. The third-order valence-corrected chi connectivity index (χ3v) is 8.33. The van der Waals surface area contributed by atoms with Crippen molar-refractivity contribution in [3.8, 4) is 11.1 Å². The van der Waals surface area contributed by atoms with Crippen LogP contribution in [0.4, 0.5) is 4.79 Å². The van der Waals surface area contributed by atoms with Crippen molar-refractivity contribution >= 4 is 18.0 Å². The molecule has 2 aliphatic rings. The third kappa shape index (κ3) is 5.84. The summed E-state index contributed by atoms with van der Waals surface area (Å²) in [6.07, 6.45) is 0.494. The number of alkyl carbamates (subject to hydrolysis) is 1. The summed E-state index contributed by atoms with van der Waals surface area (Å²) in [4.78, 5) is 41.2. The molecule has 8 nitrogen and oxygen atoms in total. The van der Waals surface area contributed by atoms with Crippen LogP contribution in [0.3, 0.4) is 0 Å². The summed E-state index contributed by atoms with van der Waals surface area (Å²) < 4.78 is 5.70. The number of aliphatic carboxylic acids is 1. The van der Waals surface area contributed by atoms with Gasteiger partial charge in [-0.15, -0.1) is 0 Å². The van der Waals surface area contributed by atoms with Crippen LogP contribution in [0.5, 0.6) is 0 Å². The average Bonchev–Trinajstić information content (AvgIpc) is 3.52. The van der Waals surface area contributed by atoms with E-state index in [0.717, 1.165) is 27.8 Å². The van der Waals surface area contributed by atoms with Gasteiger partial charge in [-0.2, -0.15) is 0 Å². The van der Waals surface area contributed by atoms with Crippen LogP contribution in [-0.4, -0.2) is 58.8 Å². The van der Waals surface area contributed by atoms with Crippen molar-refractivity contribution in [1.29, 1.82) is 0 Å². The number of carbonyl (C=O) groups is 3. The molecule has 8 heteroatoms. The van der Waals surface area contributed by atoms with Crippen LogP contribution >= 0.6 is 0 Å². The molecule has 0 bridgehead atoms. The number of amides is 2. The first kappa shape index (κ1) is 28.4. The molecule has 2 unspecified atom stereocenters. The molecule has 0 aromatic heterocycles. The number of nitrogens with zero attached hydrogens (tertiary/aromatic N) is 1. The lowest BCUT2D eigenvalue weighted by Gasteiger charge is -2.34. The molecule has 3 aromatic carbocycles. The minimum Gasteiger partial charge on any atom is -0.479 e. The van der Waals surface area contributed by atoms with Gasteiger partial charge in [0.2, 0.25) is 5.91 Å². The Morgan fingerprint density at radius 3 is 2.20 bits per heavy atom. The molecule has 1 aliphatic carbocycles. The van der Waals surface area contributed by atoms with E-state index in [-0.39, 0.29) is 25.5 Å². The van der Waals surface area contributed by atoms with Crippen molar-refractivity contribution in [2.24, 2.45) is 0 Å². The van der Waals surface area contributed by atoms with Gasteiger partial charge in [0, 0.05) is 25.6 Å². The fourth-order valence-electron chi connectivity index (χ4n) is 6.14. The summed E-state index contributed by atoms with van der Waals surface area (Å²) in [5.74, 6) is -1.72. The second-order valence-electron chi connectivity index (χ2n) is 11.3. The highest BCUT2D eigenvalue weighted by Crippen LogP contribution is 2.44. The predicted octanol–water partition coefficient (Wildman–Crippen LogP) is 4.93. The molecule has 41 heavy (non-hydrogen) atoms. The standard InChI is InChI=1S/C33H37N3O5/c1-3-17-32(2,29(37)34-33(30(38)39)18-19-36(22-33)20-23-11-5-4-6-12-23)35-31(40)41-21-28-26-15-9-7-13-24(26)25-14-8-10-16-27(25)28/h4-16,28H,3,17-22H2,1-2H3,(H,34,37)(H,35,40)(H,38,39).